The van der Waals surface area contributed by atoms with Crippen LogP contribution in [0.5, 0.6) is 0 Å². The highest BCUT2D eigenvalue weighted by atomic mass is 19.1. The Morgan fingerprint density at radius 1 is 1.61 bits per heavy atom. The Morgan fingerprint density at radius 3 is 3.06 bits per heavy atom. The van der Waals surface area contributed by atoms with Gasteiger partial charge >= 0.3 is 0 Å². The molecule has 1 fully saturated rings. The van der Waals surface area contributed by atoms with Crippen molar-refractivity contribution < 1.29 is 9.18 Å². The highest BCUT2D eigenvalue weighted by Crippen LogP contribution is 2.21. The van der Waals surface area contributed by atoms with Crippen molar-refractivity contribution in [2.45, 2.75) is 25.4 Å². The van der Waals surface area contributed by atoms with E-state index in [9.17, 15) is 9.18 Å². The normalized spacial score (nSPS) is 19.7. The summed E-state index contributed by atoms with van der Waals surface area (Å²) < 4.78 is 13.6. The molecule has 0 saturated carbocycles. The molecule has 4 nitrogen and oxygen atoms in total. The van der Waals surface area contributed by atoms with Crippen LogP contribution in [0.15, 0.2) is 18.2 Å². The predicted octanol–water partition coefficient (Wildman–Crippen LogP) is 1.15. The summed E-state index contributed by atoms with van der Waals surface area (Å²) >= 11 is 0. The maximum atomic E-state index is 13.6. The van der Waals surface area contributed by atoms with Gasteiger partial charge in [-0.3, -0.25) is 9.69 Å². The molecule has 0 radical (unpaired) electrons. The van der Waals surface area contributed by atoms with Crippen LogP contribution in [-0.4, -0.2) is 23.4 Å². The van der Waals surface area contributed by atoms with Crippen LogP contribution in [0.2, 0.25) is 0 Å². The molecule has 0 bridgehead atoms. The molecule has 0 aromatic heterocycles. The summed E-state index contributed by atoms with van der Waals surface area (Å²) in [6, 6.07) is 5.89. The zero-order chi connectivity index (χ0) is 13.1. The number of hydrogen-bond donors (Lipinski definition) is 1. The SMILES string of the molecule is N#Cc1ccc(F)c(CN2CCCC2C(N)=O)c1. The Morgan fingerprint density at radius 2 is 2.39 bits per heavy atom. The van der Waals surface area contributed by atoms with Gasteiger partial charge in [-0.15, -0.1) is 0 Å². The smallest absolute Gasteiger partial charge is 0.234 e. The van der Waals surface area contributed by atoms with Crippen LogP contribution in [0, 0.1) is 17.1 Å². The number of rotatable bonds is 3. The lowest BCUT2D eigenvalue weighted by Gasteiger charge is -2.22. The van der Waals surface area contributed by atoms with Crippen molar-refractivity contribution >= 4 is 5.91 Å². The van der Waals surface area contributed by atoms with E-state index in [1.165, 1.54) is 18.2 Å². The van der Waals surface area contributed by atoms with Gasteiger partial charge in [0.1, 0.15) is 5.82 Å². The van der Waals surface area contributed by atoms with Crippen LogP contribution in [0.25, 0.3) is 0 Å². The molecule has 1 unspecified atom stereocenters. The largest absolute Gasteiger partial charge is 0.368 e. The quantitative estimate of drug-likeness (QED) is 0.871. The number of nitrogens with zero attached hydrogens (tertiary/aromatic N) is 2. The van der Waals surface area contributed by atoms with E-state index in [0.29, 0.717) is 17.7 Å². The molecule has 1 aromatic carbocycles. The molecule has 0 spiro atoms. The van der Waals surface area contributed by atoms with Gasteiger partial charge in [0.05, 0.1) is 17.7 Å². The van der Waals surface area contributed by atoms with Crippen molar-refractivity contribution in [2.75, 3.05) is 6.54 Å². The molecule has 1 aliphatic rings. The Bertz CT molecular complexity index is 509. The van der Waals surface area contributed by atoms with Crippen molar-refractivity contribution in [1.29, 1.82) is 5.26 Å². The van der Waals surface area contributed by atoms with E-state index in [1.54, 1.807) is 0 Å². The minimum absolute atomic E-state index is 0.314. The summed E-state index contributed by atoms with van der Waals surface area (Å²) in [7, 11) is 0. The van der Waals surface area contributed by atoms with E-state index in [-0.39, 0.29) is 17.8 Å². The fraction of sp³-hybridized carbons (Fsp3) is 0.385. The van der Waals surface area contributed by atoms with Gasteiger partial charge in [0.2, 0.25) is 5.91 Å². The monoisotopic (exact) mass is 247 g/mol. The first-order chi connectivity index (χ1) is 8.61. The molecule has 1 aromatic rings. The van der Waals surface area contributed by atoms with E-state index < -0.39 is 0 Å². The molecule has 0 aliphatic carbocycles. The standard InChI is InChI=1S/C13H14FN3O/c14-11-4-3-9(7-15)6-10(11)8-17-5-1-2-12(17)13(16)18/h3-4,6,12H,1-2,5,8H2,(H2,16,18). The molecule has 1 amide bonds. The van der Waals surface area contributed by atoms with Crippen molar-refractivity contribution in [2.24, 2.45) is 5.73 Å². The minimum Gasteiger partial charge on any atom is -0.368 e. The van der Waals surface area contributed by atoms with Crippen molar-refractivity contribution in [3.05, 3.63) is 35.1 Å². The molecule has 1 atom stereocenters. The number of nitrogens with two attached hydrogens (primary N) is 1. The summed E-state index contributed by atoms with van der Waals surface area (Å²) in [5.74, 6) is -0.728. The van der Waals surface area contributed by atoms with Gasteiger partial charge in [0.25, 0.3) is 0 Å². The van der Waals surface area contributed by atoms with Gasteiger partial charge in [-0.25, -0.2) is 4.39 Å². The van der Waals surface area contributed by atoms with Crippen LogP contribution in [0.3, 0.4) is 0 Å². The fourth-order valence-electron chi connectivity index (χ4n) is 2.32. The lowest BCUT2D eigenvalue weighted by molar-refractivity contribution is -0.122. The number of nitriles is 1. The predicted molar refractivity (Wildman–Crippen MR) is 63.7 cm³/mol. The van der Waals surface area contributed by atoms with Crippen molar-refractivity contribution in [1.82, 2.24) is 4.90 Å². The van der Waals surface area contributed by atoms with E-state index in [0.717, 1.165) is 19.4 Å². The number of likely N-dealkylation sites (tertiary alicyclic amines) is 1. The second-order valence-electron chi connectivity index (χ2n) is 4.45. The zero-order valence-corrected chi connectivity index (χ0v) is 9.90. The van der Waals surface area contributed by atoms with E-state index in [2.05, 4.69) is 0 Å². The van der Waals surface area contributed by atoms with E-state index in [4.69, 9.17) is 11.0 Å². The number of hydrogen-bond acceptors (Lipinski definition) is 3. The number of primary amides is 1. The zero-order valence-electron chi connectivity index (χ0n) is 9.90. The summed E-state index contributed by atoms with van der Waals surface area (Å²) in [4.78, 5) is 13.1. The summed E-state index contributed by atoms with van der Waals surface area (Å²) in [5, 5.41) is 8.79. The molecule has 94 valence electrons. The molecule has 2 N–H and O–H groups in total. The van der Waals surface area contributed by atoms with Crippen LogP contribution in [0.4, 0.5) is 4.39 Å². The molecule has 18 heavy (non-hydrogen) atoms. The Hall–Kier alpha value is -1.93. The van der Waals surface area contributed by atoms with Crippen molar-refractivity contribution in [3.8, 4) is 6.07 Å². The first-order valence-electron chi connectivity index (χ1n) is 5.83. The molecule has 1 aliphatic heterocycles. The van der Waals surface area contributed by atoms with Gasteiger partial charge < -0.3 is 5.73 Å². The van der Waals surface area contributed by atoms with Gasteiger partial charge in [0, 0.05) is 12.1 Å². The molecule has 2 rings (SSSR count). The fourth-order valence-corrected chi connectivity index (χ4v) is 2.32. The summed E-state index contributed by atoms with van der Waals surface area (Å²) in [6.07, 6.45) is 1.60. The van der Waals surface area contributed by atoms with Gasteiger partial charge in [0.15, 0.2) is 0 Å². The molecule has 5 heteroatoms. The highest BCUT2D eigenvalue weighted by Gasteiger charge is 2.29. The van der Waals surface area contributed by atoms with E-state index >= 15 is 0 Å². The first-order valence-corrected chi connectivity index (χ1v) is 5.83. The third-order valence-corrected chi connectivity index (χ3v) is 3.24. The lowest BCUT2D eigenvalue weighted by Crippen LogP contribution is -2.39. The first kappa shape index (κ1) is 12.5. The van der Waals surface area contributed by atoms with Crippen molar-refractivity contribution in [3.63, 3.8) is 0 Å². The van der Waals surface area contributed by atoms with Crippen LogP contribution < -0.4 is 5.73 Å². The number of carbonyl (C=O) groups excluding carboxylic acids is 1. The second kappa shape index (κ2) is 5.15. The Labute approximate surface area is 105 Å². The maximum Gasteiger partial charge on any atom is 0.234 e. The Balaban J connectivity index is 2.18. The minimum atomic E-state index is -0.371. The van der Waals surface area contributed by atoms with E-state index in [1.807, 2.05) is 11.0 Å². The second-order valence-corrected chi connectivity index (χ2v) is 4.45. The average molecular weight is 247 g/mol. The summed E-state index contributed by atoms with van der Waals surface area (Å²) in [6.45, 7) is 1.04. The maximum absolute atomic E-state index is 13.6. The molecule has 1 saturated heterocycles. The van der Waals surface area contributed by atoms with Gasteiger partial charge in [-0.05, 0) is 37.6 Å². The Kier molecular flexibility index (Phi) is 3.58. The molecular weight excluding hydrogens is 233 g/mol. The third-order valence-electron chi connectivity index (χ3n) is 3.24. The van der Waals surface area contributed by atoms with Gasteiger partial charge in [-0.2, -0.15) is 5.26 Å². The number of halogens is 1. The lowest BCUT2D eigenvalue weighted by atomic mass is 10.1. The number of benzene rings is 1. The van der Waals surface area contributed by atoms with Crippen LogP contribution in [0.1, 0.15) is 24.0 Å². The highest BCUT2D eigenvalue weighted by molar-refractivity contribution is 5.80. The molecule has 1 heterocycles. The third kappa shape index (κ3) is 2.49. The number of amides is 1. The topological polar surface area (TPSA) is 70.1 Å². The molecular formula is C13H14FN3O. The average Bonchev–Trinajstić information content (AvgIpc) is 2.80. The van der Waals surface area contributed by atoms with Crippen LogP contribution >= 0.6 is 0 Å². The van der Waals surface area contributed by atoms with Crippen LogP contribution in [-0.2, 0) is 11.3 Å². The summed E-state index contributed by atoms with van der Waals surface area (Å²) in [5.41, 5.74) is 6.16. The number of carbonyl (C=O) groups is 1. The van der Waals surface area contributed by atoms with Gasteiger partial charge in [-0.1, -0.05) is 0 Å².